The zero-order valence-electron chi connectivity index (χ0n) is 13.0. The number of carbonyl (C=O) groups is 2. The maximum Gasteiger partial charge on any atom is 0.309 e. The molecule has 0 aromatic heterocycles. The van der Waals surface area contributed by atoms with Crippen LogP contribution in [0.15, 0.2) is 32.9 Å². The van der Waals surface area contributed by atoms with Gasteiger partial charge in [-0.25, -0.2) is 0 Å². The van der Waals surface area contributed by atoms with Crippen LogP contribution >= 0.6 is 27.7 Å². The van der Waals surface area contributed by atoms with Gasteiger partial charge >= 0.3 is 5.97 Å². The molecular formula is C15H16BrN3O4S. The lowest BCUT2D eigenvalue weighted by atomic mass is 10.2. The number of nitrogens with zero attached hydrogens (tertiary/aromatic N) is 2. The maximum atomic E-state index is 11.3. The quantitative estimate of drug-likeness (QED) is 0.420. The van der Waals surface area contributed by atoms with E-state index >= 15 is 0 Å². The van der Waals surface area contributed by atoms with Crippen LogP contribution in [0, 0.1) is 0 Å². The van der Waals surface area contributed by atoms with E-state index in [1.54, 1.807) is 13.0 Å². The second-order valence-electron chi connectivity index (χ2n) is 4.57. The molecule has 1 N–H and O–H groups in total. The topological polar surface area (TPSA) is 89.3 Å². The molecule has 1 aromatic rings. The van der Waals surface area contributed by atoms with E-state index in [2.05, 4.69) is 31.4 Å². The summed E-state index contributed by atoms with van der Waals surface area (Å²) in [4.78, 5) is 22.4. The van der Waals surface area contributed by atoms with E-state index in [1.807, 2.05) is 12.1 Å². The average molecular weight is 414 g/mol. The van der Waals surface area contributed by atoms with Gasteiger partial charge in [-0.2, -0.15) is 5.10 Å². The van der Waals surface area contributed by atoms with E-state index in [0.717, 1.165) is 4.47 Å². The molecular weight excluding hydrogens is 398 g/mol. The van der Waals surface area contributed by atoms with Crippen LogP contribution in [0.1, 0.15) is 18.9 Å². The van der Waals surface area contributed by atoms with E-state index in [4.69, 9.17) is 9.47 Å². The highest BCUT2D eigenvalue weighted by Crippen LogP contribution is 2.22. The molecule has 2 rings (SSSR count). The molecule has 0 radical (unpaired) electrons. The number of rotatable bonds is 7. The Morgan fingerprint density at radius 3 is 3.04 bits per heavy atom. The predicted molar refractivity (Wildman–Crippen MR) is 96.5 cm³/mol. The third-order valence-electron chi connectivity index (χ3n) is 2.77. The number of carbonyl (C=O) groups excluding carboxylic acids is 2. The lowest BCUT2D eigenvalue weighted by Crippen LogP contribution is -2.19. The summed E-state index contributed by atoms with van der Waals surface area (Å²) >= 11 is 4.68. The Hall–Kier alpha value is -1.87. The molecule has 1 amide bonds. The third kappa shape index (κ3) is 5.97. The summed E-state index contributed by atoms with van der Waals surface area (Å²) < 4.78 is 11.3. The van der Waals surface area contributed by atoms with Crippen molar-refractivity contribution < 1.29 is 19.1 Å². The molecule has 0 spiro atoms. The highest BCUT2D eigenvalue weighted by Gasteiger charge is 2.16. The van der Waals surface area contributed by atoms with Gasteiger partial charge in [-0.05, 0) is 25.1 Å². The van der Waals surface area contributed by atoms with E-state index in [9.17, 15) is 9.59 Å². The van der Waals surface area contributed by atoms with Crippen LogP contribution in [0.3, 0.4) is 0 Å². The molecule has 0 bridgehead atoms. The van der Waals surface area contributed by atoms with Gasteiger partial charge in [0.15, 0.2) is 5.17 Å². The Bertz CT molecular complexity index is 679. The Balaban J connectivity index is 1.99. The molecule has 0 aliphatic carbocycles. The number of esters is 1. The maximum absolute atomic E-state index is 11.3. The zero-order valence-corrected chi connectivity index (χ0v) is 15.4. The number of ether oxygens (including phenoxy) is 2. The summed E-state index contributed by atoms with van der Waals surface area (Å²) in [7, 11) is 0. The van der Waals surface area contributed by atoms with Gasteiger partial charge in [0.2, 0.25) is 5.91 Å². The number of amides is 1. The Labute approximate surface area is 152 Å². The Kier molecular flexibility index (Phi) is 7.26. The summed E-state index contributed by atoms with van der Waals surface area (Å²) in [5.41, 5.74) is 0.701. The van der Waals surface area contributed by atoms with Crippen molar-refractivity contribution in [2.24, 2.45) is 10.2 Å². The molecule has 1 heterocycles. The van der Waals surface area contributed by atoms with Crippen LogP contribution in [0.4, 0.5) is 0 Å². The first kappa shape index (κ1) is 18.5. The molecule has 1 aliphatic heterocycles. The lowest BCUT2D eigenvalue weighted by Gasteiger charge is -2.09. The van der Waals surface area contributed by atoms with Gasteiger partial charge < -0.3 is 14.8 Å². The van der Waals surface area contributed by atoms with Crippen molar-refractivity contribution in [3.63, 3.8) is 0 Å². The van der Waals surface area contributed by atoms with Gasteiger partial charge in [-0.1, -0.05) is 27.7 Å². The van der Waals surface area contributed by atoms with Crippen molar-refractivity contribution in [3.8, 4) is 5.75 Å². The van der Waals surface area contributed by atoms with Gasteiger partial charge in [0.25, 0.3) is 0 Å². The third-order valence-corrected chi connectivity index (χ3v) is 4.13. The van der Waals surface area contributed by atoms with E-state index in [0.29, 0.717) is 28.8 Å². The van der Waals surface area contributed by atoms with Gasteiger partial charge in [0.05, 0.1) is 31.6 Å². The van der Waals surface area contributed by atoms with Gasteiger partial charge in [0.1, 0.15) is 5.75 Å². The van der Waals surface area contributed by atoms with Crippen molar-refractivity contribution in [2.75, 3.05) is 19.0 Å². The fourth-order valence-corrected chi connectivity index (χ4v) is 2.76. The molecule has 24 heavy (non-hydrogen) atoms. The monoisotopic (exact) mass is 413 g/mol. The predicted octanol–water partition coefficient (Wildman–Crippen LogP) is 2.33. The minimum absolute atomic E-state index is 0.0839. The number of thioether (sulfide) groups is 1. The minimum Gasteiger partial charge on any atom is -0.492 e. The fourth-order valence-electron chi connectivity index (χ4n) is 1.75. The molecule has 1 aromatic carbocycles. The summed E-state index contributed by atoms with van der Waals surface area (Å²) in [6, 6.07) is 5.43. The van der Waals surface area contributed by atoms with Gasteiger partial charge in [-0.3, -0.25) is 9.59 Å². The largest absolute Gasteiger partial charge is 0.492 e. The van der Waals surface area contributed by atoms with Gasteiger partial charge in [-0.15, -0.1) is 5.10 Å². The first-order valence-electron chi connectivity index (χ1n) is 7.20. The van der Waals surface area contributed by atoms with Crippen molar-refractivity contribution >= 4 is 51.0 Å². The van der Waals surface area contributed by atoms with Crippen molar-refractivity contribution in [1.29, 1.82) is 0 Å². The molecule has 0 atom stereocenters. The molecule has 1 aliphatic rings. The van der Waals surface area contributed by atoms with Crippen LogP contribution in [0.2, 0.25) is 0 Å². The number of halogens is 1. The lowest BCUT2D eigenvalue weighted by molar-refractivity contribution is -0.143. The van der Waals surface area contributed by atoms with Crippen LogP contribution in [-0.2, 0) is 14.3 Å². The number of nitrogens with one attached hydrogen (secondary N) is 1. The van der Waals surface area contributed by atoms with Crippen molar-refractivity contribution in [1.82, 2.24) is 5.32 Å². The highest BCUT2D eigenvalue weighted by atomic mass is 79.9. The van der Waals surface area contributed by atoms with Crippen LogP contribution in [-0.4, -0.2) is 42.2 Å². The summed E-state index contributed by atoms with van der Waals surface area (Å²) in [5, 5.41) is 11.0. The second kappa shape index (κ2) is 9.43. The first-order valence-corrected chi connectivity index (χ1v) is 8.98. The average Bonchev–Trinajstić information content (AvgIpc) is 2.95. The SMILES string of the molecule is CCOC(=O)CCOc1ccc(Br)cc1C=NN=C1NC(=O)CS1. The van der Waals surface area contributed by atoms with E-state index < -0.39 is 0 Å². The van der Waals surface area contributed by atoms with Gasteiger partial charge in [0, 0.05) is 10.0 Å². The number of hydrogen-bond acceptors (Lipinski definition) is 7. The molecule has 7 nitrogen and oxygen atoms in total. The first-order chi connectivity index (χ1) is 11.6. The molecule has 1 fully saturated rings. The number of benzene rings is 1. The molecule has 9 heteroatoms. The Morgan fingerprint density at radius 2 is 2.33 bits per heavy atom. The molecule has 0 unspecified atom stereocenters. The van der Waals surface area contributed by atoms with E-state index in [-0.39, 0.29) is 24.9 Å². The van der Waals surface area contributed by atoms with Crippen LogP contribution in [0.5, 0.6) is 5.75 Å². The smallest absolute Gasteiger partial charge is 0.309 e. The van der Waals surface area contributed by atoms with Crippen LogP contribution in [0.25, 0.3) is 0 Å². The molecule has 128 valence electrons. The summed E-state index contributed by atoms with van der Waals surface area (Å²) in [6.45, 7) is 2.32. The molecule has 1 saturated heterocycles. The summed E-state index contributed by atoms with van der Waals surface area (Å²) in [5.74, 6) is 0.548. The number of amidine groups is 1. The van der Waals surface area contributed by atoms with E-state index in [1.165, 1.54) is 18.0 Å². The van der Waals surface area contributed by atoms with Crippen LogP contribution < -0.4 is 10.1 Å². The zero-order chi connectivity index (χ0) is 17.4. The highest BCUT2D eigenvalue weighted by molar-refractivity contribution is 9.10. The van der Waals surface area contributed by atoms with Crippen molar-refractivity contribution in [2.45, 2.75) is 13.3 Å². The second-order valence-corrected chi connectivity index (χ2v) is 6.45. The Morgan fingerprint density at radius 1 is 1.50 bits per heavy atom. The fraction of sp³-hybridized carbons (Fsp3) is 0.333. The molecule has 0 saturated carbocycles. The minimum atomic E-state index is -0.301. The standard InChI is InChI=1S/C15H16BrN3O4S/c1-2-22-14(21)5-6-23-12-4-3-11(16)7-10(12)8-17-19-15-18-13(20)9-24-15/h3-4,7-8H,2,5-6,9H2,1H3,(H,18,19,20). The van der Waals surface area contributed by atoms with Crippen molar-refractivity contribution in [3.05, 3.63) is 28.2 Å². The summed E-state index contributed by atoms with van der Waals surface area (Å²) in [6.07, 6.45) is 1.70. The normalized spacial score (nSPS) is 15.8. The number of hydrogen-bond donors (Lipinski definition) is 1.